The van der Waals surface area contributed by atoms with Crippen molar-refractivity contribution in [2.45, 2.75) is 34.0 Å². The van der Waals surface area contributed by atoms with E-state index in [-0.39, 0.29) is 40.0 Å². The molecule has 0 fully saturated rings. The summed E-state index contributed by atoms with van der Waals surface area (Å²) in [7, 11) is 5.27. The maximum atomic E-state index is 15.8. The Hall–Kier alpha value is -0.377. The number of rotatable bonds is 9. The first kappa shape index (κ1) is 31.7. The zero-order valence-electron chi connectivity index (χ0n) is 20.6. The maximum Gasteiger partial charge on any atom is 2.00 e. The van der Waals surface area contributed by atoms with Crippen molar-refractivity contribution < 1.29 is 50.2 Å². The van der Waals surface area contributed by atoms with Crippen molar-refractivity contribution in [1.82, 2.24) is 0 Å². The molecule has 0 spiro atoms. The molecule has 0 heterocycles. The van der Waals surface area contributed by atoms with Crippen molar-refractivity contribution in [2.75, 3.05) is 42.7 Å². The monoisotopic (exact) mass is 564 g/mol. The molecule has 0 saturated heterocycles. The van der Waals surface area contributed by atoms with Gasteiger partial charge < -0.3 is 50.2 Å². The summed E-state index contributed by atoms with van der Waals surface area (Å²) in [5.74, 6) is -3.77. The van der Waals surface area contributed by atoms with Crippen LogP contribution in [-0.2, 0) is 28.4 Å². The van der Waals surface area contributed by atoms with Crippen molar-refractivity contribution >= 4 is 31.4 Å². The van der Waals surface area contributed by atoms with Crippen LogP contribution in [0.4, 0.5) is 0 Å². The van der Waals surface area contributed by atoms with Gasteiger partial charge in [-0.05, 0) is 18.2 Å². The average Bonchev–Trinajstić information content (AvgIpc) is 2.87. The van der Waals surface area contributed by atoms with Gasteiger partial charge in [0, 0.05) is 67.6 Å². The molecule has 0 aromatic rings. The number of halogens is 1. The molecule has 0 bridgehead atoms. The molecule has 0 aromatic carbocycles. The van der Waals surface area contributed by atoms with Crippen LogP contribution < -0.4 is 21.8 Å². The number of methoxy groups -OCH3 is 6. The molecule has 3 unspecified atom stereocenters. The van der Waals surface area contributed by atoms with E-state index in [2.05, 4.69) is 0 Å². The molecule has 0 aliphatic heterocycles. The van der Waals surface area contributed by atoms with Crippen LogP contribution in [0.5, 0.6) is 0 Å². The largest absolute Gasteiger partial charge is 2.00 e. The van der Waals surface area contributed by atoms with E-state index in [0.29, 0.717) is 0 Å². The molecule has 34 heavy (non-hydrogen) atoms. The second kappa shape index (κ2) is 12.7. The van der Waals surface area contributed by atoms with Crippen LogP contribution in [-0.4, -0.2) is 91.4 Å². The molecule has 10 heteroatoms. The van der Waals surface area contributed by atoms with E-state index in [1.54, 1.807) is 60.9 Å². The van der Waals surface area contributed by atoms with Gasteiger partial charge in [0.05, 0.1) is 0 Å². The fraction of sp³-hybridized carbons (Fsp3) is 0.500. The third-order valence-corrected chi connectivity index (χ3v) is 11.6. The summed E-state index contributed by atoms with van der Waals surface area (Å²) in [5, 5.41) is 0. The first-order chi connectivity index (χ1) is 15.4. The predicted molar refractivity (Wildman–Crippen MR) is 128 cm³/mol. The van der Waals surface area contributed by atoms with Gasteiger partial charge in [0.1, 0.15) is 0 Å². The molecule has 3 aliphatic carbocycles. The van der Waals surface area contributed by atoms with Gasteiger partial charge in [-0.3, -0.25) is 0 Å². The fourth-order valence-electron chi connectivity index (χ4n) is 5.20. The van der Waals surface area contributed by atoms with Crippen LogP contribution in [0.2, 0.25) is 16.6 Å². The third-order valence-electron chi connectivity index (χ3n) is 6.90. The van der Waals surface area contributed by atoms with Crippen LogP contribution >= 0.6 is 0 Å². The van der Waals surface area contributed by atoms with Crippen molar-refractivity contribution in [2.24, 2.45) is 0 Å². The standard InChI is InChI=1S/C24H33O7Si.BrH.Mg/c1-26-22(27-2)16-10-7-13-19(22)32(25,20-14-8-11-17-23(20,28-3)29-4)21-15-9-12-18-24(21,30-5)31-6;;/h7-21H,1-6H3;1H;/q-1;;+2/p-1. The Balaban J connectivity index is 0.00000289. The summed E-state index contributed by atoms with van der Waals surface area (Å²) in [6, 6.07) is 0. The molecule has 0 amide bonds. The number of allylic oxidation sites excluding steroid dienone is 6. The van der Waals surface area contributed by atoms with Crippen LogP contribution in [0.15, 0.2) is 72.9 Å². The molecule has 0 radical (unpaired) electrons. The van der Waals surface area contributed by atoms with E-state index in [1.165, 1.54) is 0 Å². The van der Waals surface area contributed by atoms with E-state index in [1.807, 2.05) is 54.7 Å². The Kier molecular flexibility index (Phi) is 11.9. The van der Waals surface area contributed by atoms with Crippen molar-refractivity contribution in [3.63, 3.8) is 0 Å². The normalized spacial score (nSPS) is 29.2. The third kappa shape index (κ3) is 4.92. The Morgan fingerprint density at radius 2 is 0.765 bits per heavy atom. The Morgan fingerprint density at radius 3 is 0.971 bits per heavy atom. The van der Waals surface area contributed by atoms with Gasteiger partial charge in [0.2, 0.25) is 0 Å². The second-order valence-corrected chi connectivity index (χ2v) is 11.5. The first-order valence-corrected chi connectivity index (χ1v) is 12.6. The first-order valence-electron chi connectivity index (χ1n) is 10.5. The summed E-state index contributed by atoms with van der Waals surface area (Å²) in [6.07, 6.45) is 22.0. The fourth-order valence-corrected chi connectivity index (χ4v) is 10.5. The minimum absolute atomic E-state index is 0. The summed E-state index contributed by atoms with van der Waals surface area (Å²) < 4.78 is 35.2. The topological polar surface area (TPSA) is 78.4 Å². The molecule has 0 saturated carbocycles. The van der Waals surface area contributed by atoms with E-state index in [9.17, 15) is 0 Å². The zero-order valence-corrected chi connectivity index (χ0v) is 24.6. The summed E-state index contributed by atoms with van der Waals surface area (Å²) in [4.78, 5) is 15.8. The smallest absolute Gasteiger partial charge is 1.00 e. The summed E-state index contributed by atoms with van der Waals surface area (Å²) >= 11 is 0. The van der Waals surface area contributed by atoms with Crippen molar-refractivity contribution in [1.29, 1.82) is 0 Å². The minimum atomic E-state index is -3.99. The van der Waals surface area contributed by atoms with Gasteiger partial charge in [-0.15, -0.1) is 0 Å². The molecular weight excluding hydrogens is 533 g/mol. The Bertz CT molecular complexity index is 735. The number of hydrogen-bond acceptors (Lipinski definition) is 7. The van der Waals surface area contributed by atoms with E-state index in [0.717, 1.165) is 0 Å². The van der Waals surface area contributed by atoms with Crippen molar-refractivity contribution in [3.8, 4) is 0 Å². The van der Waals surface area contributed by atoms with Gasteiger partial charge in [0.15, 0.2) is 17.4 Å². The quantitative estimate of drug-likeness (QED) is 0.272. The van der Waals surface area contributed by atoms with Crippen LogP contribution in [0, 0.1) is 0 Å². The molecule has 3 aliphatic rings. The summed E-state index contributed by atoms with van der Waals surface area (Å²) in [5.41, 5.74) is -2.02. The Morgan fingerprint density at radius 1 is 0.529 bits per heavy atom. The van der Waals surface area contributed by atoms with E-state index in [4.69, 9.17) is 28.4 Å². The van der Waals surface area contributed by atoms with Gasteiger partial charge >= 0.3 is 23.1 Å². The Labute approximate surface area is 230 Å². The average molecular weight is 566 g/mol. The van der Waals surface area contributed by atoms with E-state index >= 15 is 4.80 Å². The molecule has 184 valence electrons. The van der Waals surface area contributed by atoms with E-state index < -0.39 is 42.3 Å². The van der Waals surface area contributed by atoms with Gasteiger partial charge in [-0.25, -0.2) is 0 Å². The van der Waals surface area contributed by atoms with Crippen LogP contribution in [0.3, 0.4) is 0 Å². The maximum absolute atomic E-state index is 15.8. The second-order valence-electron chi connectivity index (χ2n) is 7.91. The van der Waals surface area contributed by atoms with Crippen LogP contribution in [0.25, 0.3) is 0 Å². The van der Waals surface area contributed by atoms with Gasteiger partial charge in [-0.2, -0.15) is 0 Å². The molecule has 0 aromatic heterocycles. The molecule has 7 nitrogen and oxygen atoms in total. The molecule has 0 N–H and O–H groups in total. The minimum Gasteiger partial charge on any atom is -1.00 e. The number of ether oxygens (including phenoxy) is 6. The number of hydrogen-bond donors (Lipinski definition) is 0. The molecule has 3 atom stereocenters. The molecular formula is C24H33BrMgO7Si. The van der Waals surface area contributed by atoms with Crippen LogP contribution in [0.1, 0.15) is 0 Å². The van der Waals surface area contributed by atoms with Crippen molar-refractivity contribution in [3.05, 3.63) is 72.9 Å². The predicted octanol–water partition coefficient (Wildman–Crippen LogP) is -0.629. The van der Waals surface area contributed by atoms with Gasteiger partial charge in [0.25, 0.3) is 0 Å². The zero-order chi connectivity index (χ0) is 23.5. The SMILES string of the molecule is COC1(OC)C=CC=CC1[Si]([O-])(C1C=CC=CC1(OC)OC)C1C=CC=CC1(OC)OC.[Br-].[Mg+2]. The molecule has 3 rings (SSSR count). The van der Waals surface area contributed by atoms with Gasteiger partial charge in [-0.1, -0.05) is 54.7 Å². The summed E-state index contributed by atoms with van der Waals surface area (Å²) in [6.45, 7) is 0.